The number of hydrogen-bond acceptors (Lipinski definition) is 6. The van der Waals surface area contributed by atoms with E-state index in [0.29, 0.717) is 17.1 Å². The molecule has 3 rings (SSSR count). The van der Waals surface area contributed by atoms with E-state index in [2.05, 4.69) is 32.2 Å². The van der Waals surface area contributed by atoms with Crippen LogP contribution in [0.25, 0.3) is 22.6 Å². The van der Waals surface area contributed by atoms with Gasteiger partial charge in [-0.3, -0.25) is 4.79 Å². The van der Waals surface area contributed by atoms with E-state index >= 15 is 0 Å². The number of imidazole rings is 1. The molecule has 8 heteroatoms. The first-order valence-corrected chi connectivity index (χ1v) is 10.9. The van der Waals surface area contributed by atoms with Crippen LogP contribution in [0.15, 0.2) is 29.1 Å². The number of aromatic amines is 1. The molecule has 0 spiro atoms. The highest BCUT2D eigenvalue weighted by Crippen LogP contribution is 2.24. The summed E-state index contributed by atoms with van der Waals surface area (Å²) >= 11 is 0. The maximum absolute atomic E-state index is 9.95. The van der Waals surface area contributed by atoms with Gasteiger partial charge in [0.15, 0.2) is 11.4 Å². The van der Waals surface area contributed by atoms with Gasteiger partial charge in [0.2, 0.25) is 12.4 Å². The molecule has 30 heavy (non-hydrogen) atoms. The number of aromatic nitrogens is 4. The molecule has 0 radical (unpaired) electrons. The first kappa shape index (κ1) is 23.4. The average Bonchev–Trinajstić information content (AvgIpc) is 3.44. The van der Waals surface area contributed by atoms with Crippen molar-refractivity contribution in [2.75, 3.05) is 12.3 Å². The van der Waals surface area contributed by atoms with Gasteiger partial charge in [0.1, 0.15) is 11.2 Å². The van der Waals surface area contributed by atoms with E-state index in [0.717, 1.165) is 24.9 Å². The van der Waals surface area contributed by atoms with E-state index in [9.17, 15) is 4.79 Å². The third-order valence-corrected chi connectivity index (χ3v) is 4.82. The SMILES string of the molecule is CCCCCCCCCCCCNC=O.Nc1nc(-c2ccco2)c2[nH]cnc2n1. The second-order valence-corrected chi connectivity index (χ2v) is 7.26. The summed E-state index contributed by atoms with van der Waals surface area (Å²) in [6.07, 6.45) is 17.4. The van der Waals surface area contributed by atoms with Crippen LogP contribution in [0, 0.1) is 0 Å². The van der Waals surface area contributed by atoms with Crippen LogP contribution in [-0.4, -0.2) is 32.9 Å². The second-order valence-electron chi connectivity index (χ2n) is 7.26. The summed E-state index contributed by atoms with van der Waals surface area (Å²) in [6, 6.07) is 3.60. The summed E-state index contributed by atoms with van der Waals surface area (Å²) in [6.45, 7) is 3.10. The molecule has 3 aromatic rings. The van der Waals surface area contributed by atoms with Crippen molar-refractivity contribution in [1.82, 2.24) is 25.3 Å². The topological polar surface area (TPSA) is 123 Å². The third-order valence-electron chi connectivity index (χ3n) is 4.82. The number of H-pyrrole nitrogens is 1. The van der Waals surface area contributed by atoms with Crippen molar-refractivity contribution in [1.29, 1.82) is 0 Å². The van der Waals surface area contributed by atoms with Crippen LogP contribution in [0.2, 0.25) is 0 Å². The molecular formula is C22H34N6O2. The lowest BCUT2D eigenvalue weighted by molar-refractivity contribution is -0.109. The van der Waals surface area contributed by atoms with Crippen molar-refractivity contribution in [3.05, 3.63) is 24.7 Å². The number of nitrogens with one attached hydrogen (secondary N) is 2. The van der Waals surface area contributed by atoms with Crippen molar-refractivity contribution in [2.24, 2.45) is 0 Å². The zero-order chi connectivity index (χ0) is 21.4. The minimum atomic E-state index is 0.181. The second kappa shape index (κ2) is 14.1. The maximum atomic E-state index is 9.95. The van der Waals surface area contributed by atoms with Gasteiger partial charge in [-0.2, -0.15) is 4.98 Å². The monoisotopic (exact) mass is 414 g/mol. The number of carbonyl (C=O) groups excluding carboxylic acids is 1. The van der Waals surface area contributed by atoms with Crippen molar-refractivity contribution in [3.63, 3.8) is 0 Å². The zero-order valence-electron chi connectivity index (χ0n) is 17.9. The Hall–Kier alpha value is -2.90. The van der Waals surface area contributed by atoms with Crippen LogP contribution in [0.3, 0.4) is 0 Å². The van der Waals surface area contributed by atoms with Gasteiger partial charge < -0.3 is 20.5 Å². The van der Waals surface area contributed by atoms with Gasteiger partial charge >= 0.3 is 0 Å². The predicted octanol–water partition coefficient (Wildman–Crippen LogP) is 4.85. The van der Waals surface area contributed by atoms with Crippen molar-refractivity contribution < 1.29 is 9.21 Å². The molecule has 4 N–H and O–H groups in total. The van der Waals surface area contributed by atoms with E-state index in [1.165, 1.54) is 57.8 Å². The van der Waals surface area contributed by atoms with Crippen LogP contribution in [0.1, 0.15) is 71.1 Å². The Kier molecular flexibility index (Phi) is 11.0. The molecule has 0 unspecified atom stereocenters. The number of rotatable bonds is 13. The Morgan fingerprint density at radius 1 is 1.07 bits per heavy atom. The van der Waals surface area contributed by atoms with Crippen LogP contribution in [0.4, 0.5) is 5.95 Å². The maximum Gasteiger partial charge on any atom is 0.222 e. The molecule has 0 aliphatic heterocycles. The van der Waals surface area contributed by atoms with Crippen molar-refractivity contribution in [3.8, 4) is 11.5 Å². The molecule has 0 bridgehead atoms. The number of nitrogens with zero attached hydrogens (tertiary/aromatic N) is 3. The van der Waals surface area contributed by atoms with Crippen molar-refractivity contribution in [2.45, 2.75) is 71.1 Å². The van der Waals surface area contributed by atoms with Gasteiger partial charge in [-0.1, -0.05) is 64.7 Å². The van der Waals surface area contributed by atoms with Crippen molar-refractivity contribution >= 4 is 23.5 Å². The van der Waals surface area contributed by atoms with E-state index in [1.807, 2.05) is 6.07 Å². The number of hydrogen-bond donors (Lipinski definition) is 3. The largest absolute Gasteiger partial charge is 0.463 e. The molecule has 8 nitrogen and oxygen atoms in total. The quantitative estimate of drug-likeness (QED) is 0.271. The van der Waals surface area contributed by atoms with Crippen LogP contribution in [-0.2, 0) is 4.79 Å². The fraction of sp³-hybridized carbons (Fsp3) is 0.545. The minimum Gasteiger partial charge on any atom is -0.463 e. The van der Waals surface area contributed by atoms with Crippen LogP contribution in [0.5, 0.6) is 0 Å². The highest BCUT2D eigenvalue weighted by molar-refractivity contribution is 5.85. The van der Waals surface area contributed by atoms with E-state index in [1.54, 1.807) is 18.7 Å². The molecule has 0 aliphatic carbocycles. The Morgan fingerprint density at radius 2 is 1.77 bits per heavy atom. The Morgan fingerprint density at radius 3 is 2.40 bits per heavy atom. The van der Waals surface area contributed by atoms with E-state index in [4.69, 9.17) is 10.2 Å². The first-order valence-electron chi connectivity index (χ1n) is 10.9. The fourth-order valence-corrected chi connectivity index (χ4v) is 3.22. The van der Waals surface area contributed by atoms with Gasteiger partial charge in [0.25, 0.3) is 0 Å². The van der Waals surface area contributed by atoms with Gasteiger partial charge in [-0.15, -0.1) is 0 Å². The summed E-state index contributed by atoms with van der Waals surface area (Å²) in [5.41, 5.74) is 7.45. The minimum absolute atomic E-state index is 0.181. The smallest absolute Gasteiger partial charge is 0.222 e. The normalized spacial score (nSPS) is 10.6. The lowest BCUT2D eigenvalue weighted by atomic mass is 10.1. The molecule has 0 aromatic carbocycles. The Labute approximate surface area is 178 Å². The molecule has 1 amide bonds. The van der Waals surface area contributed by atoms with Gasteiger partial charge in [0.05, 0.1) is 12.6 Å². The van der Waals surface area contributed by atoms with Gasteiger partial charge in [0, 0.05) is 6.54 Å². The number of fused-ring (bicyclic) bond motifs is 1. The molecule has 164 valence electrons. The summed E-state index contributed by atoms with van der Waals surface area (Å²) in [4.78, 5) is 25.0. The highest BCUT2D eigenvalue weighted by atomic mass is 16.3. The summed E-state index contributed by atoms with van der Waals surface area (Å²) in [7, 11) is 0. The van der Waals surface area contributed by atoms with Crippen LogP contribution < -0.4 is 11.1 Å². The predicted molar refractivity (Wildman–Crippen MR) is 120 cm³/mol. The lowest BCUT2D eigenvalue weighted by Gasteiger charge is -2.01. The molecule has 0 saturated carbocycles. The van der Waals surface area contributed by atoms with E-state index in [-0.39, 0.29) is 5.95 Å². The molecule has 3 heterocycles. The molecule has 3 aromatic heterocycles. The highest BCUT2D eigenvalue weighted by Gasteiger charge is 2.12. The lowest BCUT2D eigenvalue weighted by Crippen LogP contribution is -2.11. The Bertz CT molecular complexity index is 831. The van der Waals surface area contributed by atoms with E-state index < -0.39 is 0 Å². The summed E-state index contributed by atoms with van der Waals surface area (Å²) in [5, 5.41) is 2.69. The number of nitrogens with two attached hydrogens (primary N) is 1. The zero-order valence-corrected chi connectivity index (χ0v) is 17.9. The average molecular weight is 415 g/mol. The number of nitrogen functional groups attached to an aromatic ring is 1. The fourth-order valence-electron chi connectivity index (χ4n) is 3.22. The first-order chi connectivity index (χ1) is 14.8. The standard InChI is InChI=1S/C13H27NO.C9H7N5O/c1-2-3-4-5-6-7-8-9-10-11-12-14-13-15;10-9-13-6(5-2-1-3-15-5)7-8(14-9)12-4-11-7/h13H,2-12H2,1H3,(H,14,15);1-4H,(H3,10,11,12,13,14). The number of unbranched alkanes of at least 4 members (excludes halogenated alkanes) is 9. The molecular weight excluding hydrogens is 380 g/mol. The number of amides is 1. The third kappa shape index (κ3) is 8.23. The molecule has 0 aliphatic rings. The summed E-state index contributed by atoms with van der Waals surface area (Å²) in [5.74, 6) is 0.819. The summed E-state index contributed by atoms with van der Waals surface area (Å²) < 4.78 is 5.26. The molecule has 0 atom stereocenters. The Balaban J connectivity index is 0.000000214. The van der Waals surface area contributed by atoms with Gasteiger partial charge in [-0.05, 0) is 18.6 Å². The van der Waals surface area contributed by atoms with Gasteiger partial charge in [-0.25, -0.2) is 9.97 Å². The number of carbonyl (C=O) groups is 1. The molecule has 0 fully saturated rings. The number of furan rings is 1. The number of anilines is 1. The van der Waals surface area contributed by atoms with Crippen LogP contribution >= 0.6 is 0 Å². The molecule has 0 saturated heterocycles.